The third-order valence-electron chi connectivity index (χ3n) is 2.81. The third-order valence-corrected chi connectivity index (χ3v) is 2.81. The summed E-state index contributed by atoms with van der Waals surface area (Å²) in [7, 11) is 1.64. The molecule has 0 atom stereocenters. The smallest absolute Gasteiger partial charge is 0.270 e. The van der Waals surface area contributed by atoms with E-state index in [1.54, 1.807) is 19.4 Å². The van der Waals surface area contributed by atoms with Gasteiger partial charge in [-0.1, -0.05) is 0 Å². The highest BCUT2D eigenvalue weighted by molar-refractivity contribution is 6.05. The maximum Gasteiger partial charge on any atom is 0.270 e. The van der Waals surface area contributed by atoms with Gasteiger partial charge in [0.25, 0.3) is 5.91 Å². The molecule has 0 radical (unpaired) electrons. The van der Waals surface area contributed by atoms with E-state index >= 15 is 0 Å². The van der Waals surface area contributed by atoms with Gasteiger partial charge in [-0.05, 0) is 36.1 Å². The average molecular weight is 259 g/mol. The number of aromatic nitrogens is 1. The van der Waals surface area contributed by atoms with Crippen LogP contribution in [-0.2, 0) is 4.74 Å². The highest BCUT2D eigenvalue weighted by Crippen LogP contribution is 2.19. The number of hydrogen-bond acceptors (Lipinski definition) is 4. The van der Waals surface area contributed by atoms with Gasteiger partial charge in [-0.15, -0.1) is 0 Å². The highest BCUT2D eigenvalue weighted by Gasteiger charge is 2.10. The van der Waals surface area contributed by atoms with Crippen LogP contribution in [0.4, 0.5) is 5.69 Å². The average Bonchev–Trinajstić information content (AvgIpc) is 2.42. The molecule has 5 heteroatoms. The molecule has 1 heterocycles. The molecule has 0 bridgehead atoms. The number of pyridine rings is 1. The van der Waals surface area contributed by atoms with Gasteiger partial charge in [0.1, 0.15) is 5.69 Å². The highest BCUT2D eigenvalue weighted by atomic mass is 16.5. The molecule has 1 aromatic heterocycles. The van der Waals surface area contributed by atoms with E-state index in [1.165, 1.54) is 0 Å². The van der Waals surface area contributed by atoms with Gasteiger partial charge in [0, 0.05) is 37.5 Å². The summed E-state index contributed by atoms with van der Waals surface area (Å²) in [4.78, 5) is 16.2. The first-order valence-electron chi connectivity index (χ1n) is 6.14. The second kappa shape index (κ2) is 6.15. The first-order valence-corrected chi connectivity index (χ1v) is 6.14. The van der Waals surface area contributed by atoms with E-state index in [2.05, 4.69) is 10.3 Å². The summed E-state index contributed by atoms with van der Waals surface area (Å²) in [6, 6.07) is 7.26. The van der Waals surface area contributed by atoms with Gasteiger partial charge in [0.15, 0.2) is 0 Å². The van der Waals surface area contributed by atoms with Gasteiger partial charge in [0.2, 0.25) is 0 Å². The zero-order valence-corrected chi connectivity index (χ0v) is 10.8. The van der Waals surface area contributed by atoms with Gasteiger partial charge in [0.05, 0.1) is 0 Å². The summed E-state index contributed by atoms with van der Waals surface area (Å²) in [6.45, 7) is 1.19. The number of methoxy groups -OCH3 is 1. The van der Waals surface area contributed by atoms with Crippen molar-refractivity contribution < 1.29 is 9.53 Å². The van der Waals surface area contributed by atoms with Crippen molar-refractivity contribution in [2.45, 2.75) is 6.42 Å². The topological polar surface area (TPSA) is 77.2 Å². The van der Waals surface area contributed by atoms with Crippen LogP contribution in [0.1, 0.15) is 16.9 Å². The molecule has 3 N–H and O–H groups in total. The fraction of sp³-hybridized carbons (Fsp3) is 0.286. The van der Waals surface area contributed by atoms with Crippen molar-refractivity contribution in [3.8, 4) is 0 Å². The van der Waals surface area contributed by atoms with Gasteiger partial charge < -0.3 is 15.8 Å². The van der Waals surface area contributed by atoms with Gasteiger partial charge in [-0.25, -0.2) is 0 Å². The second-order valence-corrected chi connectivity index (χ2v) is 4.24. The number of nitrogens with zero attached hydrogens (tertiary/aromatic N) is 1. The van der Waals surface area contributed by atoms with Gasteiger partial charge >= 0.3 is 0 Å². The van der Waals surface area contributed by atoms with Gasteiger partial charge in [-0.3, -0.25) is 9.78 Å². The molecule has 0 saturated carbocycles. The number of carbonyl (C=O) groups is 1. The zero-order chi connectivity index (χ0) is 13.7. The van der Waals surface area contributed by atoms with Crippen LogP contribution < -0.4 is 11.1 Å². The molecule has 0 fully saturated rings. The van der Waals surface area contributed by atoms with E-state index in [9.17, 15) is 4.79 Å². The molecule has 0 aliphatic rings. The molecule has 0 aliphatic heterocycles. The molecule has 5 nitrogen and oxygen atoms in total. The van der Waals surface area contributed by atoms with E-state index in [-0.39, 0.29) is 5.91 Å². The molecule has 0 spiro atoms. The van der Waals surface area contributed by atoms with Crippen molar-refractivity contribution in [3.63, 3.8) is 0 Å². The van der Waals surface area contributed by atoms with Crippen LogP contribution >= 0.6 is 0 Å². The Kier molecular flexibility index (Phi) is 4.30. The van der Waals surface area contributed by atoms with E-state index in [1.807, 2.05) is 18.2 Å². The van der Waals surface area contributed by atoms with Gasteiger partial charge in [-0.2, -0.15) is 0 Å². The molecule has 2 aromatic rings. The summed E-state index contributed by atoms with van der Waals surface area (Å²) < 4.78 is 4.93. The molecular weight excluding hydrogens is 242 g/mol. The van der Waals surface area contributed by atoms with Crippen molar-refractivity contribution in [3.05, 3.63) is 36.2 Å². The van der Waals surface area contributed by atoms with E-state index < -0.39 is 0 Å². The summed E-state index contributed by atoms with van der Waals surface area (Å²) in [5, 5.41) is 4.55. The number of fused-ring (bicyclic) bond motifs is 1. The van der Waals surface area contributed by atoms with Crippen LogP contribution in [0.25, 0.3) is 10.8 Å². The quantitative estimate of drug-likeness (QED) is 0.631. The number of rotatable bonds is 5. The third kappa shape index (κ3) is 3.20. The SMILES string of the molecule is COCCCNC(=O)c1nccc2cc(N)ccc12. The number of amides is 1. The monoisotopic (exact) mass is 259 g/mol. The van der Waals surface area contributed by atoms with Crippen LogP contribution in [0.15, 0.2) is 30.5 Å². The maximum absolute atomic E-state index is 12.1. The minimum atomic E-state index is -0.175. The molecular formula is C14H17N3O2. The Labute approximate surface area is 111 Å². The Balaban J connectivity index is 2.17. The number of nitrogens with two attached hydrogens (primary N) is 1. The summed E-state index contributed by atoms with van der Waals surface area (Å²) >= 11 is 0. The fourth-order valence-electron chi connectivity index (χ4n) is 1.88. The predicted molar refractivity (Wildman–Crippen MR) is 75.0 cm³/mol. The predicted octanol–water partition coefficient (Wildman–Crippen LogP) is 1.58. The van der Waals surface area contributed by atoms with Crippen LogP contribution in [0, 0.1) is 0 Å². The molecule has 2 rings (SSSR count). The van der Waals surface area contributed by atoms with Crippen molar-refractivity contribution >= 4 is 22.4 Å². The summed E-state index contributed by atoms with van der Waals surface area (Å²) in [6.07, 6.45) is 2.39. The van der Waals surface area contributed by atoms with Crippen LogP contribution in [0.5, 0.6) is 0 Å². The number of benzene rings is 1. The molecule has 0 aliphatic carbocycles. The van der Waals surface area contributed by atoms with Crippen LogP contribution in [0.2, 0.25) is 0 Å². The molecule has 0 saturated heterocycles. The number of nitrogens with one attached hydrogen (secondary N) is 1. The summed E-state index contributed by atoms with van der Waals surface area (Å²) in [5.74, 6) is -0.175. The number of nitrogen functional groups attached to an aromatic ring is 1. The van der Waals surface area contributed by atoms with Crippen LogP contribution in [0.3, 0.4) is 0 Å². The normalized spacial score (nSPS) is 10.6. The number of hydrogen-bond donors (Lipinski definition) is 2. The largest absolute Gasteiger partial charge is 0.399 e. The van der Waals surface area contributed by atoms with E-state index in [0.29, 0.717) is 24.5 Å². The number of ether oxygens (including phenoxy) is 1. The van der Waals surface area contributed by atoms with E-state index in [0.717, 1.165) is 17.2 Å². The lowest BCUT2D eigenvalue weighted by Gasteiger charge is -2.07. The Morgan fingerprint density at radius 3 is 3.05 bits per heavy atom. The molecule has 100 valence electrons. The Bertz CT molecular complexity index is 584. The minimum Gasteiger partial charge on any atom is -0.399 e. The standard InChI is InChI=1S/C14H17N3O2/c1-19-8-2-6-17-14(18)13-12-4-3-11(15)9-10(12)5-7-16-13/h3-5,7,9H,2,6,8,15H2,1H3,(H,17,18). The first kappa shape index (κ1) is 13.3. The zero-order valence-electron chi connectivity index (χ0n) is 10.8. The Morgan fingerprint density at radius 2 is 2.26 bits per heavy atom. The minimum absolute atomic E-state index is 0.175. The molecule has 19 heavy (non-hydrogen) atoms. The van der Waals surface area contributed by atoms with Crippen LogP contribution in [-0.4, -0.2) is 31.2 Å². The van der Waals surface area contributed by atoms with Crippen molar-refractivity contribution in [1.29, 1.82) is 0 Å². The Morgan fingerprint density at radius 1 is 1.42 bits per heavy atom. The second-order valence-electron chi connectivity index (χ2n) is 4.24. The fourth-order valence-corrected chi connectivity index (χ4v) is 1.88. The summed E-state index contributed by atoms with van der Waals surface area (Å²) in [5.41, 5.74) is 6.83. The lowest BCUT2D eigenvalue weighted by Crippen LogP contribution is -2.26. The number of anilines is 1. The van der Waals surface area contributed by atoms with Crippen molar-refractivity contribution in [2.75, 3.05) is 26.0 Å². The van der Waals surface area contributed by atoms with Crippen molar-refractivity contribution in [2.24, 2.45) is 0 Å². The molecule has 1 aromatic carbocycles. The Hall–Kier alpha value is -2.14. The first-order chi connectivity index (χ1) is 9.22. The lowest BCUT2D eigenvalue weighted by molar-refractivity contribution is 0.0945. The molecule has 0 unspecified atom stereocenters. The maximum atomic E-state index is 12.1. The van der Waals surface area contributed by atoms with Crippen molar-refractivity contribution in [1.82, 2.24) is 10.3 Å². The lowest BCUT2D eigenvalue weighted by atomic mass is 10.1. The molecule has 1 amide bonds. The number of carbonyl (C=O) groups excluding carboxylic acids is 1. The van der Waals surface area contributed by atoms with E-state index in [4.69, 9.17) is 10.5 Å².